The fourth-order valence-electron chi connectivity index (χ4n) is 3.13. The van der Waals surface area contributed by atoms with Gasteiger partial charge in [0.1, 0.15) is 30.6 Å². The first-order valence-electron chi connectivity index (χ1n) is 8.26. The summed E-state index contributed by atoms with van der Waals surface area (Å²) in [5.41, 5.74) is 4.70. The lowest BCUT2D eigenvalue weighted by atomic mass is 9.98. The molecule has 4 nitrogen and oxygen atoms in total. The Kier molecular flexibility index (Phi) is 3.90. The average molecular weight is 323 g/mol. The summed E-state index contributed by atoms with van der Waals surface area (Å²) in [5.74, 6) is 2.68. The summed E-state index contributed by atoms with van der Waals surface area (Å²) >= 11 is 0. The Morgan fingerprint density at radius 1 is 1.08 bits per heavy atom. The van der Waals surface area contributed by atoms with Crippen molar-refractivity contribution in [2.75, 3.05) is 27.0 Å². The van der Waals surface area contributed by atoms with Crippen molar-refractivity contribution < 1.29 is 14.2 Å². The van der Waals surface area contributed by atoms with Gasteiger partial charge in [-0.05, 0) is 48.0 Å². The lowest BCUT2D eigenvalue weighted by Gasteiger charge is -2.28. The van der Waals surface area contributed by atoms with E-state index in [-0.39, 0.29) is 0 Å². The second-order valence-electron chi connectivity index (χ2n) is 6.10. The minimum atomic E-state index is 0.567. The van der Waals surface area contributed by atoms with Crippen molar-refractivity contribution in [3.63, 3.8) is 0 Å². The van der Waals surface area contributed by atoms with Crippen molar-refractivity contribution in [3.05, 3.63) is 53.1 Å². The SMILES string of the molecule is CCN1COc2ccc(C3=Cc4ccc(OC)cc4OC3)cc2C1. The summed E-state index contributed by atoms with van der Waals surface area (Å²) in [6, 6.07) is 12.3. The van der Waals surface area contributed by atoms with Crippen molar-refractivity contribution in [2.24, 2.45) is 0 Å². The van der Waals surface area contributed by atoms with E-state index in [1.54, 1.807) is 7.11 Å². The number of ether oxygens (including phenoxy) is 3. The van der Waals surface area contributed by atoms with Gasteiger partial charge in [-0.25, -0.2) is 0 Å². The van der Waals surface area contributed by atoms with Gasteiger partial charge in [0.2, 0.25) is 0 Å². The van der Waals surface area contributed by atoms with Crippen molar-refractivity contribution in [1.29, 1.82) is 0 Å². The molecule has 2 aliphatic heterocycles. The topological polar surface area (TPSA) is 30.9 Å². The molecule has 124 valence electrons. The normalized spacial score (nSPS) is 16.3. The molecule has 4 heteroatoms. The highest BCUT2D eigenvalue weighted by molar-refractivity contribution is 5.86. The lowest BCUT2D eigenvalue weighted by molar-refractivity contribution is 0.101. The summed E-state index contributed by atoms with van der Waals surface area (Å²) in [5, 5.41) is 0. The van der Waals surface area contributed by atoms with Crippen LogP contribution in [0.5, 0.6) is 17.2 Å². The predicted octanol–water partition coefficient (Wildman–Crippen LogP) is 3.80. The molecule has 0 amide bonds. The van der Waals surface area contributed by atoms with Gasteiger partial charge in [0.05, 0.1) is 7.11 Å². The Morgan fingerprint density at radius 2 is 2.00 bits per heavy atom. The molecule has 2 aliphatic rings. The van der Waals surface area contributed by atoms with Gasteiger partial charge in [-0.2, -0.15) is 0 Å². The number of hydrogen-bond acceptors (Lipinski definition) is 4. The van der Waals surface area contributed by atoms with Crippen LogP contribution in [-0.4, -0.2) is 31.9 Å². The second kappa shape index (κ2) is 6.21. The summed E-state index contributed by atoms with van der Waals surface area (Å²) in [4.78, 5) is 2.28. The van der Waals surface area contributed by atoms with Crippen molar-refractivity contribution in [3.8, 4) is 17.2 Å². The highest BCUT2D eigenvalue weighted by Crippen LogP contribution is 2.35. The zero-order valence-electron chi connectivity index (χ0n) is 14.0. The van der Waals surface area contributed by atoms with Gasteiger partial charge in [-0.1, -0.05) is 13.0 Å². The number of nitrogens with zero attached hydrogens (tertiary/aromatic N) is 1. The third-order valence-electron chi connectivity index (χ3n) is 4.61. The number of fused-ring (bicyclic) bond motifs is 2. The molecule has 0 bridgehead atoms. The maximum atomic E-state index is 5.93. The molecule has 0 N–H and O–H groups in total. The highest BCUT2D eigenvalue weighted by atomic mass is 16.5. The minimum absolute atomic E-state index is 0.567. The predicted molar refractivity (Wildman–Crippen MR) is 94.4 cm³/mol. The quantitative estimate of drug-likeness (QED) is 0.860. The number of rotatable bonds is 3. The Morgan fingerprint density at radius 3 is 2.83 bits per heavy atom. The summed E-state index contributed by atoms with van der Waals surface area (Å²) in [6.07, 6.45) is 2.20. The van der Waals surface area contributed by atoms with Crippen molar-refractivity contribution in [2.45, 2.75) is 13.5 Å². The fraction of sp³-hybridized carbons (Fsp3) is 0.300. The Bertz CT molecular complexity index is 797. The number of hydrogen-bond donors (Lipinski definition) is 0. The molecule has 0 saturated carbocycles. The minimum Gasteiger partial charge on any atom is -0.497 e. The summed E-state index contributed by atoms with van der Waals surface area (Å²) < 4.78 is 17.0. The van der Waals surface area contributed by atoms with Gasteiger partial charge in [-0.15, -0.1) is 0 Å². The maximum Gasteiger partial charge on any atom is 0.142 e. The van der Waals surface area contributed by atoms with E-state index < -0.39 is 0 Å². The molecule has 0 aromatic heterocycles. The third kappa shape index (κ3) is 2.74. The molecule has 0 saturated heterocycles. The Hall–Kier alpha value is -2.46. The number of benzene rings is 2. The van der Waals surface area contributed by atoms with Crippen LogP contribution in [0, 0.1) is 0 Å². The zero-order valence-corrected chi connectivity index (χ0v) is 14.0. The van der Waals surface area contributed by atoms with Gasteiger partial charge < -0.3 is 14.2 Å². The molecule has 2 aromatic carbocycles. The zero-order chi connectivity index (χ0) is 16.5. The second-order valence-corrected chi connectivity index (χ2v) is 6.10. The molecule has 24 heavy (non-hydrogen) atoms. The molecule has 2 aromatic rings. The van der Waals surface area contributed by atoms with Crippen LogP contribution in [0.4, 0.5) is 0 Å². The van der Waals surface area contributed by atoms with Crippen LogP contribution in [0.3, 0.4) is 0 Å². The molecule has 0 radical (unpaired) electrons. The third-order valence-corrected chi connectivity index (χ3v) is 4.61. The van der Waals surface area contributed by atoms with E-state index in [1.807, 2.05) is 18.2 Å². The smallest absolute Gasteiger partial charge is 0.142 e. The lowest BCUT2D eigenvalue weighted by Crippen LogP contribution is -2.31. The van der Waals surface area contributed by atoms with E-state index in [2.05, 4.69) is 36.1 Å². The first-order chi connectivity index (χ1) is 11.8. The molecular formula is C20H21NO3. The van der Waals surface area contributed by atoms with Crippen LogP contribution in [0.1, 0.15) is 23.6 Å². The van der Waals surface area contributed by atoms with Crippen LogP contribution < -0.4 is 14.2 Å². The van der Waals surface area contributed by atoms with E-state index in [0.717, 1.165) is 35.9 Å². The molecule has 0 unspecified atom stereocenters. The van der Waals surface area contributed by atoms with Gasteiger partial charge in [-0.3, -0.25) is 4.90 Å². The van der Waals surface area contributed by atoms with Crippen LogP contribution in [0.15, 0.2) is 36.4 Å². The fourth-order valence-corrected chi connectivity index (χ4v) is 3.13. The van der Waals surface area contributed by atoms with E-state index in [9.17, 15) is 0 Å². The molecule has 0 atom stereocenters. The van der Waals surface area contributed by atoms with E-state index >= 15 is 0 Å². The maximum absolute atomic E-state index is 5.93. The molecule has 0 fully saturated rings. The molecule has 2 heterocycles. The standard InChI is InChI=1S/C20H21NO3/c1-3-21-11-16-8-14(5-7-19(16)24-13-21)17-9-15-4-6-18(22-2)10-20(15)23-12-17/h4-10H,3,11-13H2,1-2H3. The van der Waals surface area contributed by atoms with Crippen LogP contribution >= 0.6 is 0 Å². The van der Waals surface area contributed by atoms with Gasteiger partial charge in [0.25, 0.3) is 0 Å². The monoisotopic (exact) mass is 323 g/mol. The highest BCUT2D eigenvalue weighted by Gasteiger charge is 2.19. The average Bonchev–Trinajstić information content (AvgIpc) is 2.66. The van der Waals surface area contributed by atoms with Gasteiger partial charge in [0, 0.05) is 23.7 Å². The van der Waals surface area contributed by atoms with E-state index in [4.69, 9.17) is 14.2 Å². The van der Waals surface area contributed by atoms with Crippen LogP contribution in [-0.2, 0) is 6.54 Å². The van der Waals surface area contributed by atoms with E-state index in [1.165, 1.54) is 16.7 Å². The Labute approximate surface area is 142 Å². The van der Waals surface area contributed by atoms with Gasteiger partial charge >= 0.3 is 0 Å². The molecular weight excluding hydrogens is 302 g/mol. The van der Waals surface area contributed by atoms with E-state index in [0.29, 0.717) is 13.3 Å². The number of methoxy groups -OCH3 is 1. The van der Waals surface area contributed by atoms with Crippen LogP contribution in [0.2, 0.25) is 0 Å². The molecule has 0 aliphatic carbocycles. The summed E-state index contributed by atoms with van der Waals surface area (Å²) in [6.45, 7) is 5.31. The first-order valence-corrected chi connectivity index (χ1v) is 8.26. The first kappa shape index (κ1) is 15.1. The van der Waals surface area contributed by atoms with Crippen LogP contribution in [0.25, 0.3) is 11.6 Å². The van der Waals surface area contributed by atoms with Gasteiger partial charge in [0.15, 0.2) is 0 Å². The Balaban J connectivity index is 1.65. The molecule has 0 spiro atoms. The van der Waals surface area contributed by atoms with Crippen molar-refractivity contribution in [1.82, 2.24) is 4.90 Å². The van der Waals surface area contributed by atoms with Crippen molar-refractivity contribution >= 4 is 11.6 Å². The largest absolute Gasteiger partial charge is 0.497 e. The summed E-state index contributed by atoms with van der Waals surface area (Å²) in [7, 11) is 1.67. The molecule has 4 rings (SSSR count).